The molecule has 0 radical (unpaired) electrons. The molecule has 0 saturated heterocycles. The third kappa shape index (κ3) is 3.00. The van der Waals surface area contributed by atoms with E-state index in [0.29, 0.717) is 10.8 Å². The molecule has 1 atom stereocenters. The van der Waals surface area contributed by atoms with Gasteiger partial charge in [-0.3, -0.25) is 4.79 Å². The molecule has 1 aliphatic heterocycles. The summed E-state index contributed by atoms with van der Waals surface area (Å²) in [6.45, 7) is 2.09. The number of benzene rings is 2. The summed E-state index contributed by atoms with van der Waals surface area (Å²) < 4.78 is 0. The lowest BCUT2D eigenvalue weighted by Crippen LogP contribution is -2.38. The maximum Gasteiger partial charge on any atom is 0.250 e. The number of carbonyl (C=O) groups is 1. The summed E-state index contributed by atoms with van der Waals surface area (Å²) in [6.07, 6.45) is 0.862. The Labute approximate surface area is 150 Å². The van der Waals surface area contributed by atoms with Gasteiger partial charge in [-0.2, -0.15) is 4.80 Å². The number of hydrogen-bond donors (Lipinski definition) is 0. The van der Waals surface area contributed by atoms with Crippen molar-refractivity contribution in [1.82, 2.24) is 20.2 Å². The molecule has 2 aromatic carbocycles. The fraction of sp³-hybridized carbons (Fsp3) is 0.222. The number of fused-ring (bicyclic) bond motifs is 1. The van der Waals surface area contributed by atoms with Gasteiger partial charge in [0.2, 0.25) is 5.82 Å². The smallest absolute Gasteiger partial charge is 0.250 e. The van der Waals surface area contributed by atoms with Crippen LogP contribution in [0, 0.1) is 0 Å². The van der Waals surface area contributed by atoms with Crippen LogP contribution in [-0.4, -0.2) is 32.2 Å². The Balaban J connectivity index is 1.54. The van der Waals surface area contributed by atoms with Crippen molar-refractivity contribution in [2.45, 2.75) is 25.9 Å². The zero-order chi connectivity index (χ0) is 17.4. The molecule has 4 rings (SSSR count). The number of para-hydroxylation sites is 1. The second-order valence-electron chi connectivity index (χ2n) is 6.10. The van der Waals surface area contributed by atoms with E-state index in [1.165, 1.54) is 10.4 Å². The molecule has 0 N–H and O–H groups in total. The molecule has 25 heavy (non-hydrogen) atoms. The standard InChI is InChI=1S/C18H16ClN5O/c1-12-9-13-5-2-3-8-16(13)24(12)17(25)11-23-21-18(20-22-23)14-6-4-7-15(19)10-14/h2-8,10,12H,9,11H2,1H3/t12-/m1/s1. The number of carbonyl (C=O) groups excluding carboxylic acids is 1. The van der Waals surface area contributed by atoms with Gasteiger partial charge in [-0.1, -0.05) is 41.9 Å². The highest BCUT2D eigenvalue weighted by Gasteiger charge is 2.30. The highest BCUT2D eigenvalue weighted by molar-refractivity contribution is 6.30. The van der Waals surface area contributed by atoms with Gasteiger partial charge in [0.25, 0.3) is 5.91 Å². The molecule has 1 amide bonds. The van der Waals surface area contributed by atoms with Crippen LogP contribution in [0.3, 0.4) is 0 Å². The summed E-state index contributed by atoms with van der Waals surface area (Å²) in [6, 6.07) is 15.3. The van der Waals surface area contributed by atoms with E-state index >= 15 is 0 Å². The van der Waals surface area contributed by atoms with Gasteiger partial charge in [0.15, 0.2) is 0 Å². The molecule has 1 aromatic heterocycles. The Kier molecular flexibility index (Phi) is 3.97. The summed E-state index contributed by atoms with van der Waals surface area (Å²) in [5, 5.41) is 12.9. The van der Waals surface area contributed by atoms with Gasteiger partial charge in [0.05, 0.1) is 0 Å². The van der Waals surface area contributed by atoms with E-state index in [2.05, 4.69) is 21.5 Å². The summed E-state index contributed by atoms with van der Waals surface area (Å²) in [5.41, 5.74) is 2.93. The Morgan fingerprint density at radius 1 is 1.24 bits per heavy atom. The van der Waals surface area contributed by atoms with Gasteiger partial charge in [-0.25, -0.2) is 0 Å². The zero-order valence-corrected chi connectivity index (χ0v) is 14.4. The van der Waals surface area contributed by atoms with Crippen molar-refractivity contribution in [1.29, 1.82) is 0 Å². The Bertz CT molecular complexity index is 938. The lowest BCUT2D eigenvalue weighted by Gasteiger charge is -2.22. The Hall–Kier alpha value is -2.73. The van der Waals surface area contributed by atoms with Gasteiger partial charge in [-0.05, 0) is 42.3 Å². The van der Waals surface area contributed by atoms with Crippen LogP contribution in [0.1, 0.15) is 12.5 Å². The molecule has 0 unspecified atom stereocenters. The predicted octanol–water partition coefficient (Wildman–Crippen LogP) is 2.97. The van der Waals surface area contributed by atoms with Crippen LogP contribution < -0.4 is 4.90 Å². The minimum atomic E-state index is -0.0486. The van der Waals surface area contributed by atoms with Gasteiger partial charge in [-0.15, -0.1) is 10.2 Å². The topological polar surface area (TPSA) is 63.9 Å². The molecule has 6 nitrogen and oxygen atoms in total. The number of tetrazole rings is 1. The number of halogens is 1. The molecular weight excluding hydrogens is 338 g/mol. The maximum atomic E-state index is 12.8. The minimum absolute atomic E-state index is 0.0479. The van der Waals surface area contributed by atoms with E-state index in [-0.39, 0.29) is 18.5 Å². The number of nitrogens with zero attached hydrogens (tertiary/aromatic N) is 5. The molecule has 3 aromatic rings. The number of anilines is 1. The van der Waals surface area contributed by atoms with E-state index < -0.39 is 0 Å². The fourth-order valence-electron chi connectivity index (χ4n) is 3.20. The first-order valence-electron chi connectivity index (χ1n) is 8.05. The van der Waals surface area contributed by atoms with Crippen LogP contribution >= 0.6 is 11.6 Å². The van der Waals surface area contributed by atoms with Gasteiger partial charge in [0, 0.05) is 22.3 Å². The molecule has 7 heteroatoms. The molecule has 126 valence electrons. The largest absolute Gasteiger partial charge is 0.307 e. The van der Waals surface area contributed by atoms with Gasteiger partial charge >= 0.3 is 0 Å². The highest BCUT2D eigenvalue weighted by atomic mass is 35.5. The summed E-state index contributed by atoms with van der Waals surface area (Å²) in [7, 11) is 0. The van der Waals surface area contributed by atoms with Crippen LogP contribution in [0.5, 0.6) is 0 Å². The summed E-state index contributed by atoms with van der Waals surface area (Å²) >= 11 is 5.99. The van der Waals surface area contributed by atoms with Crippen molar-refractivity contribution in [2.75, 3.05) is 4.90 Å². The molecule has 0 aliphatic carbocycles. The SMILES string of the molecule is C[C@@H]1Cc2ccccc2N1C(=O)Cn1nnc(-c2cccc(Cl)c2)n1. The van der Waals surface area contributed by atoms with Gasteiger partial charge < -0.3 is 4.90 Å². The zero-order valence-electron chi connectivity index (χ0n) is 13.6. The molecule has 0 saturated carbocycles. The van der Waals surface area contributed by atoms with Crippen molar-refractivity contribution in [3.8, 4) is 11.4 Å². The van der Waals surface area contributed by atoms with Crippen molar-refractivity contribution in [3.05, 3.63) is 59.1 Å². The van der Waals surface area contributed by atoms with Crippen molar-refractivity contribution < 1.29 is 4.79 Å². The average Bonchev–Trinajstić information content (AvgIpc) is 3.18. The molecule has 1 aliphatic rings. The Morgan fingerprint density at radius 3 is 2.92 bits per heavy atom. The van der Waals surface area contributed by atoms with Crippen molar-refractivity contribution in [2.24, 2.45) is 0 Å². The monoisotopic (exact) mass is 353 g/mol. The molecular formula is C18H16ClN5O. The number of amides is 1. The molecule has 0 bridgehead atoms. The van der Waals surface area contributed by atoms with Crippen LogP contribution in [-0.2, 0) is 17.8 Å². The second-order valence-corrected chi connectivity index (χ2v) is 6.54. The quantitative estimate of drug-likeness (QED) is 0.726. The summed E-state index contributed by atoms with van der Waals surface area (Å²) in [5.74, 6) is 0.401. The van der Waals surface area contributed by atoms with E-state index in [9.17, 15) is 4.79 Å². The first-order chi connectivity index (χ1) is 12.1. The average molecular weight is 354 g/mol. The van der Waals surface area contributed by atoms with Crippen LogP contribution in [0.25, 0.3) is 11.4 Å². The lowest BCUT2D eigenvalue weighted by molar-refractivity contribution is -0.119. The predicted molar refractivity (Wildman–Crippen MR) is 95.4 cm³/mol. The van der Waals surface area contributed by atoms with Crippen molar-refractivity contribution >= 4 is 23.2 Å². The van der Waals surface area contributed by atoms with Crippen LogP contribution in [0.4, 0.5) is 5.69 Å². The number of hydrogen-bond acceptors (Lipinski definition) is 4. The normalized spacial score (nSPS) is 16.1. The van der Waals surface area contributed by atoms with E-state index in [1.807, 2.05) is 42.2 Å². The van der Waals surface area contributed by atoms with E-state index in [4.69, 9.17) is 11.6 Å². The van der Waals surface area contributed by atoms with Crippen LogP contribution in [0.2, 0.25) is 5.02 Å². The second kappa shape index (κ2) is 6.29. The summed E-state index contributed by atoms with van der Waals surface area (Å²) in [4.78, 5) is 15.9. The highest BCUT2D eigenvalue weighted by Crippen LogP contribution is 2.31. The first kappa shape index (κ1) is 15.8. The third-order valence-electron chi connectivity index (χ3n) is 4.29. The van der Waals surface area contributed by atoms with Crippen molar-refractivity contribution in [3.63, 3.8) is 0 Å². The molecule has 0 fully saturated rings. The van der Waals surface area contributed by atoms with Gasteiger partial charge in [0.1, 0.15) is 6.54 Å². The van der Waals surface area contributed by atoms with Crippen LogP contribution in [0.15, 0.2) is 48.5 Å². The fourth-order valence-corrected chi connectivity index (χ4v) is 3.39. The number of aromatic nitrogens is 4. The lowest BCUT2D eigenvalue weighted by atomic mass is 10.1. The van der Waals surface area contributed by atoms with E-state index in [0.717, 1.165) is 17.7 Å². The number of rotatable bonds is 3. The Morgan fingerprint density at radius 2 is 2.08 bits per heavy atom. The molecule has 2 heterocycles. The maximum absolute atomic E-state index is 12.8. The minimum Gasteiger partial charge on any atom is -0.307 e. The first-order valence-corrected chi connectivity index (χ1v) is 8.43. The third-order valence-corrected chi connectivity index (χ3v) is 4.52. The molecule has 0 spiro atoms. The van der Waals surface area contributed by atoms with E-state index in [1.54, 1.807) is 12.1 Å².